The molecule has 390 valence electrons. The largest absolute Gasteiger partial charge is 0.481 e. The molecule has 7 atom stereocenters. The van der Waals surface area contributed by atoms with Gasteiger partial charge in [0.1, 0.15) is 47.8 Å². The van der Waals surface area contributed by atoms with Crippen LogP contribution in [-0.4, -0.2) is 123 Å². The van der Waals surface area contributed by atoms with Crippen molar-refractivity contribution >= 4 is 69.1 Å². The van der Waals surface area contributed by atoms with Crippen LogP contribution in [0.2, 0.25) is 0 Å². The van der Waals surface area contributed by atoms with E-state index in [-0.39, 0.29) is 41.6 Å². The van der Waals surface area contributed by atoms with Crippen LogP contribution in [0.25, 0.3) is 11.2 Å². The standard InChI is InChI=1S/C40H66N7O18P3S/c1-6-7-14-27-25(2)26(3)28(62-27)15-12-10-8-9-11-13-16-31(49)69-20-19-42-30(48)17-18-43-38(52)35(51)40(4,5)22-61-68(58,59)65-67(56,57)60-21-29-34(64-66(53,54)55)33(50)39(63-29)47-24-46-32-36(41)44-23-45-37(32)47/h23-24,29,33-35,39,50-51H,6-22H2,1-5H3,(H,42,48)(H,43,52)(H,56,57)(H,58,59)(H2,41,44,45)(H2,53,54,55). The number of rotatable bonds is 31. The minimum absolute atomic E-state index is 0.0312. The average molecular weight is 1060 g/mol. The molecule has 1 fully saturated rings. The highest BCUT2D eigenvalue weighted by Crippen LogP contribution is 2.61. The molecule has 1 aliphatic heterocycles. The number of thioether (sulfide) groups is 1. The number of unbranched alkanes of at least 4 members (excludes halogenated alkanes) is 6. The molecule has 3 aromatic heterocycles. The predicted octanol–water partition coefficient (Wildman–Crippen LogP) is 4.19. The number of phosphoric ester groups is 3. The van der Waals surface area contributed by atoms with Gasteiger partial charge in [-0.15, -0.1) is 0 Å². The Labute approximate surface area is 403 Å². The van der Waals surface area contributed by atoms with E-state index in [9.17, 15) is 57.9 Å². The van der Waals surface area contributed by atoms with Crippen LogP contribution in [0.4, 0.5) is 5.82 Å². The number of ether oxygens (including phenoxy) is 1. The van der Waals surface area contributed by atoms with Gasteiger partial charge in [0.05, 0.1) is 19.5 Å². The summed E-state index contributed by atoms with van der Waals surface area (Å²) < 4.78 is 68.6. The van der Waals surface area contributed by atoms with E-state index in [0.717, 1.165) is 105 Å². The topological polar surface area (TPSA) is 377 Å². The normalized spacial score (nSPS) is 19.9. The number of nitrogens with one attached hydrogen (secondary N) is 2. The molecule has 7 unspecified atom stereocenters. The molecule has 2 amide bonds. The lowest BCUT2D eigenvalue weighted by Crippen LogP contribution is -2.46. The summed E-state index contributed by atoms with van der Waals surface area (Å²) in [4.78, 5) is 88.5. The van der Waals surface area contributed by atoms with Crippen LogP contribution in [-0.2, 0) is 63.5 Å². The highest BCUT2D eigenvalue weighted by atomic mass is 32.2. The minimum Gasteiger partial charge on any atom is -0.466 e. The second-order valence-corrected chi connectivity index (χ2v) is 22.6. The Morgan fingerprint density at radius 2 is 1.54 bits per heavy atom. The van der Waals surface area contributed by atoms with Gasteiger partial charge in [-0.05, 0) is 44.2 Å². The number of phosphoric acid groups is 3. The van der Waals surface area contributed by atoms with Gasteiger partial charge in [0.2, 0.25) is 11.8 Å². The monoisotopic (exact) mass is 1060 g/mol. The molecule has 29 heteroatoms. The summed E-state index contributed by atoms with van der Waals surface area (Å²) in [6.45, 7) is 6.99. The Morgan fingerprint density at radius 1 is 0.899 bits per heavy atom. The van der Waals surface area contributed by atoms with E-state index in [2.05, 4.69) is 55.2 Å². The van der Waals surface area contributed by atoms with Gasteiger partial charge in [-0.25, -0.2) is 28.6 Å². The third kappa shape index (κ3) is 18.4. The van der Waals surface area contributed by atoms with Crippen molar-refractivity contribution in [2.45, 2.75) is 142 Å². The van der Waals surface area contributed by atoms with Crippen LogP contribution >= 0.6 is 35.2 Å². The second-order valence-electron chi connectivity index (χ2n) is 17.2. The number of amides is 2. The van der Waals surface area contributed by atoms with Gasteiger partial charge in [0.25, 0.3) is 0 Å². The zero-order chi connectivity index (χ0) is 51.2. The van der Waals surface area contributed by atoms with Crippen molar-refractivity contribution in [2.24, 2.45) is 5.41 Å². The van der Waals surface area contributed by atoms with Crippen molar-refractivity contribution < 1.29 is 84.9 Å². The van der Waals surface area contributed by atoms with E-state index in [0.29, 0.717) is 12.2 Å². The van der Waals surface area contributed by atoms with Gasteiger partial charge in [-0.1, -0.05) is 64.6 Å². The van der Waals surface area contributed by atoms with Crippen LogP contribution in [0.5, 0.6) is 0 Å². The molecule has 25 nitrogen and oxygen atoms in total. The van der Waals surface area contributed by atoms with Crippen LogP contribution in [0.15, 0.2) is 17.1 Å². The first-order chi connectivity index (χ1) is 32.3. The molecule has 1 saturated heterocycles. The molecule has 0 aliphatic carbocycles. The number of anilines is 1. The first-order valence-corrected chi connectivity index (χ1v) is 28.0. The second kappa shape index (κ2) is 26.5. The van der Waals surface area contributed by atoms with Crippen LogP contribution in [0.1, 0.15) is 114 Å². The predicted molar refractivity (Wildman–Crippen MR) is 250 cm³/mol. The number of imidazole rings is 1. The van der Waals surface area contributed by atoms with Gasteiger partial charge in [-0.3, -0.25) is 32.5 Å². The Balaban J connectivity index is 1.09. The molecule has 69 heavy (non-hydrogen) atoms. The number of nitrogens with two attached hydrogens (primary N) is 1. The number of aliphatic hydroxyl groups excluding tert-OH is 2. The number of fused-ring (bicyclic) bond motifs is 1. The maximum Gasteiger partial charge on any atom is 0.481 e. The number of aromatic nitrogens is 4. The number of hydrogen-bond acceptors (Lipinski definition) is 19. The lowest BCUT2D eigenvalue weighted by atomic mass is 9.87. The smallest absolute Gasteiger partial charge is 0.466 e. The molecular weight excluding hydrogens is 991 g/mol. The molecule has 0 bridgehead atoms. The number of nitrogen functional groups attached to an aromatic ring is 1. The fraction of sp³-hybridized carbons (Fsp3) is 0.700. The maximum absolute atomic E-state index is 12.8. The molecule has 1 aliphatic rings. The van der Waals surface area contributed by atoms with E-state index in [1.807, 2.05) is 0 Å². The quantitative estimate of drug-likeness (QED) is 0.0322. The molecular formula is C40H66N7O18P3S. The summed E-state index contributed by atoms with van der Waals surface area (Å²) in [6.07, 6.45) is 3.83. The lowest BCUT2D eigenvalue weighted by Gasteiger charge is -2.30. The Bertz CT molecular complexity index is 2330. The number of aliphatic hydroxyl groups is 2. The van der Waals surface area contributed by atoms with Crippen molar-refractivity contribution in [3.63, 3.8) is 0 Å². The van der Waals surface area contributed by atoms with E-state index in [4.69, 9.17) is 23.9 Å². The van der Waals surface area contributed by atoms with Gasteiger partial charge >= 0.3 is 23.5 Å². The summed E-state index contributed by atoms with van der Waals surface area (Å²) in [5, 5.41) is 26.7. The van der Waals surface area contributed by atoms with Gasteiger partial charge in [-0.2, -0.15) is 4.31 Å². The molecule has 4 rings (SSSR count). The highest BCUT2D eigenvalue weighted by Gasteiger charge is 2.50. The first kappa shape index (κ1) is 58.4. The first-order valence-electron chi connectivity index (χ1n) is 22.5. The molecule has 0 radical (unpaired) electrons. The molecule has 0 spiro atoms. The van der Waals surface area contributed by atoms with Crippen LogP contribution in [0.3, 0.4) is 0 Å². The van der Waals surface area contributed by atoms with E-state index < -0.39 is 84.6 Å². The number of furan rings is 1. The minimum atomic E-state index is -5.58. The van der Waals surface area contributed by atoms with Crippen molar-refractivity contribution in [3.05, 3.63) is 35.3 Å². The lowest BCUT2D eigenvalue weighted by molar-refractivity contribution is -0.137. The summed E-state index contributed by atoms with van der Waals surface area (Å²) in [5.74, 6) is 1.16. The summed E-state index contributed by atoms with van der Waals surface area (Å²) in [6, 6.07) is 0. The third-order valence-corrected chi connectivity index (χ3v) is 15.2. The summed E-state index contributed by atoms with van der Waals surface area (Å²) in [5.41, 5.74) is 6.83. The molecule has 3 aromatic rings. The van der Waals surface area contributed by atoms with E-state index in [1.165, 1.54) is 25.0 Å². The Hall–Kier alpha value is -3.16. The van der Waals surface area contributed by atoms with Crippen molar-refractivity contribution in [2.75, 3.05) is 37.8 Å². The third-order valence-electron chi connectivity index (χ3n) is 11.2. The average Bonchev–Trinajstić information content (AvgIpc) is 3.92. The highest BCUT2D eigenvalue weighted by molar-refractivity contribution is 8.13. The van der Waals surface area contributed by atoms with E-state index in [1.54, 1.807) is 0 Å². The Kier molecular flexibility index (Phi) is 22.4. The molecule has 10 N–H and O–H groups in total. The molecule has 0 saturated carbocycles. The maximum atomic E-state index is 12.8. The summed E-state index contributed by atoms with van der Waals surface area (Å²) in [7, 11) is -16.4. The molecule has 0 aromatic carbocycles. The summed E-state index contributed by atoms with van der Waals surface area (Å²) >= 11 is 1.14. The van der Waals surface area contributed by atoms with Gasteiger partial charge < -0.3 is 55.3 Å². The Morgan fingerprint density at radius 3 is 2.20 bits per heavy atom. The fourth-order valence-corrected chi connectivity index (χ4v) is 10.7. The van der Waals surface area contributed by atoms with E-state index >= 15 is 0 Å². The number of carbonyl (C=O) groups excluding carboxylic acids is 3. The van der Waals surface area contributed by atoms with Gasteiger partial charge in [0.15, 0.2) is 22.8 Å². The van der Waals surface area contributed by atoms with Crippen molar-refractivity contribution in [1.29, 1.82) is 0 Å². The SMILES string of the molecule is CCCCc1oc(CCCCCCCCC(=O)SCCNC(=O)CCNC(=O)C(O)C(C)(C)COP(=O)(O)OP(=O)(O)OCC2OC(n3cnc4c(N)ncnc43)C(O)C2OP(=O)(O)O)c(C)c1C. The zero-order valence-electron chi connectivity index (χ0n) is 39.3. The van der Waals surface area contributed by atoms with Crippen LogP contribution < -0.4 is 16.4 Å². The fourth-order valence-electron chi connectivity index (χ4n) is 7.16. The number of carbonyl (C=O) groups is 3. The van der Waals surface area contributed by atoms with Crippen molar-refractivity contribution in [3.8, 4) is 0 Å². The van der Waals surface area contributed by atoms with Gasteiger partial charge in [0, 0.05) is 49.9 Å². The zero-order valence-corrected chi connectivity index (χ0v) is 42.8. The number of aryl methyl sites for hydroxylation is 2. The number of hydrogen-bond donors (Lipinski definition) is 9. The van der Waals surface area contributed by atoms with Crippen LogP contribution in [0, 0.1) is 19.3 Å². The molecule has 4 heterocycles. The van der Waals surface area contributed by atoms with Crippen molar-refractivity contribution in [1.82, 2.24) is 30.2 Å². The number of nitrogens with zero attached hydrogens (tertiary/aromatic N) is 4.